The van der Waals surface area contributed by atoms with E-state index in [9.17, 15) is 13.5 Å². The maximum Gasteiger partial charge on any atom is 0.155 e. The molecule has 1 N–H and O–H groups in total. The van der Waals surface area contributed by atoms with Crippen LogP contribution in [0.4, 0.5) is 0 Å². The van der Waals surface area contributed by atoms with E-state index in [0.717, 1.165) is 6.26 Å². The molecule has 1 rings (SSSR count). The SMILES string of the molecule is CC(C)(C(O)c1ccccc1)S(C)(=O)=O. The van der Waals surface area contributed by atoms with Crippen molar-refractivity contribution in [3.63, 3.8) is 0 Å². The summed E-state index contributed by atoms with van der Waals surface area (Å²) in [4.78, 5) is 0. The van der Waals surface area contributed by atoms with E-state index in [4.69, 9.17) is 0 Å². The maximum absolute atomic E-state index is 11.5. The van der Waals surface area contributed by atoms with Crippen LogP contribution in [0.3, 0.4) is 0 Å². The smallest absolute Gasteiger partial charge is 0.155 e. The summed E-state index contributed by atoms with van der Waals surface area (Å²) in [6, 6.07) is 8.81. The van der Waals surface area contributed by atoms with Gasteiger partial charge in [0.1, 0.15) is 0 Å². The van der Waals surface area contributed by atoms with Gasteiger partial charge in [0.25, 0.3) is 0 Å². The van der Waals surface area contributed by atoms with Crippen LogP contribution in [0.25, 0.3) is 0 Å². The van der Waals surface area contributed by atoms with Crippen molar-refractivity contribution in [2.24, 2.45) is 0 Å². The van der Waals surface area contributed by atoms with E-state index in [1.807, 2.05) is 6.07 Å². The Kier molecular flexibility index (Phi) is 3.21. The molecule has 0 bridgehead atoms. The van der Waals surface area contributed by atoms with Gasteiger partial charge >= 0.3 is 0 Å². The van der Waals surface area contributed by atoms with Gasteiger partial charge in [0.2, 0.25) is 0 Å². The van der Waals surface area contributed by atoms with Crippen LogP contribution in [0, 0.1) is 0 Å². The second-order valence-electron chi connectivity index (χ2n) is 4.19. The molecule has 0 radical (unpaired) electrons. The van der Waals surface area contributed by atoms with Crippen molar-refractivity contribution in [1.29, 1.82) is 0 Å². The molecule has 0 saturated heterocycles. The van der Waals surface area contributed by atoms with Crippen molar-refractivity contribution in [2.45, 2.75) is 24.7 Å². The minimum atomic E-state index is -3.30. The van der Waals surface area contributed by atoms with Crippen LogP contribution in [0.5, 0.6) is 0 Å². The van der Waals surface area contributed by atoms with Gasteiger partial charge in [0.15, 0.2) is 9.84 Å². The molecule has 0 spiro atoms. The molecular weight excluding hydrogens is 212 g/mol. The van der Waals surface area contributed by atoms with Gasteiger partial charge < -0.3 is 5.11 Å². The van der Waals surface area contributed by atoms with Crippen LogP contribution >= 0.6 is 0 Å². The fourth-order valence-corrected chi connectivity index (χ4v) is 1.78. The fraction of sp³-hybridized carbons (Fsp3) is 0.455. The van der Waals surface area contributed by atoms with E-state index in [1.165, 1.54) is 13.8 Å². The van der Waals surface area contributed by atoms with Crippen LogP contribution in [0.2, 0.25) is 0 Å². The standard InChI is InChI=1S/C11H16O3S/c1-11(2,15(3,13)14)10(12)9-7-5-4-6-8-9/h4-8,10,12H,1-3H3. The summed E-state index contributed by atoms with van der Waals surface area (Å²) in [6.07, 6.45) is 0.132. The van der Waals surface area contributed by atoms with Gasteiger partial charge in [-0.25, -0.2) is 8.42 Å². The number of hydrogen-bond acceptors (Lipinski definition) is 3. The summed E-state index contributed by atoms with van der Waals surface area (Å²) in [5, 5.41) is 10.0. The Morgan fingerprint density at radius 1 is 1.20 bits per heavy atom. The number of aliphatic hydroxyl groups excluding tert-OH is 1. The van der Waals surface area contributed by atoms with Crippen LogP contribution in [-0.2, 0) is 9.84 Å². The summed E-state index contributed by atoms with van der Waals surface area (Å²) >= 11 is 0. The quantitative estimate of drug-likeness (QED) is 0.854. The molecule has 0 aromatic heterocycles. The molecule has 1 atom stereocenters. The second-order valence-corrected chi connectivity index (χ2v) is 6.79. The van der Waals surface area contributed by atoms with Crippen molar-refractivity contribution in [1.82, 2.24) is 0 Å². The monoisotopic (exact) mass is 228 g/mol. The van der Waals surface area contributed by atoms with Gasteiger partial charge in [-0.2, -0.15) is 0 Å². The number of rotatable bonds is 3. The zero-order chi connectivity index (χ0) is 11.7. The molecule has 4 heteroatoms. The Hall–Kier alpha value is -0.870. The Balaban J connectivity index is 3.11. The minimum Gasteiger partial charge on any atom is -0.387 e. The Labute approximate surface area is 90.7 Å². The lowest BCUT2D eigenvalue weighted by atomic mass is 9.98. The van der Waals surface area contributed by atoms with Gasteiger partial charge in [0, 0.05) is 6.26 Å². The Morgan fingerprint density at radius 2 is 1.67 bits per heavy atom. The number of benzene rings is 1. The second kappa shape index (κ2) is 3.94. The van der Waals surface area contributed by atoms with E-state index in [0.29, 0.717) is 5.56 Å². The summed E-state index contributed by atoms with van der Waals surface area (Å²) in [5.74, 6) is 0. The van der Waals surface area contributed by atoms with Crippen LogP contribution in [-0.4, -0.2) is 24.5 Å². The van der Waals surface area contributed by atoms with Gasteiger partial charge in [-0.1, -0.05) is 30.3 Å². The van der Waals surface area contributed by atoms with E-state index in [-0.39, 0.29) is 0 Å². The molecule has 0 aliphatic carbocycles. The predicted molar refractivity (Wildman–Crippen MR) is 60.3 cm³/mol. The van der Waals surface area contributed by atoms with E-state index < -0.39 is 20.7 Å². The Bertz CT molecular complexity index is 420. The zero-order valence-electron chi connectivity index (χ0n) is 9.14. The summed E-state index contributed by atoms with van der Waals surface area (Å²) in [6.45, 7) is 3.06. The molecule has 15 heavy (non-hydrogen) atoms. The molecule has 1 aromatic rings. The van der Waals surface area contributed by atoms with Crippen molar-refractivity contribution in [2.75, 3.05) is 6.26 Å². The third-order valence-electron chi connectivity index (χ3n) is 2.73. The van der Waals surface area contributed by atoms with Gasteiger partial charge in [-0.05, 0) is 19.4 Å². The maximum atomic E-state index is 11.5. The van der Waals surface area contributed by atoms with E-state index in [1.54, 1.807) is 24.3 Å². The minimum absolute atomic E-state index is 0.618. The molecule has 0 aliphatic rings. The van der Waals surface area contributed by atoms with Crippen molar-refractivity contribution < 1.29 is 13.5 Å². The van der Waals surface area contributed by atoms with Crippen LogP contribution in [0.1, 0.15) is 25.5 Å². The van der Waals surface area contributed by atoms with Crippen LogP contribution in [0.15, 0.2) is 30.3 Å². The third-order valence-corrected chi connectivity index (χ3v) is 4.86. The van der Waals surface area contributed by atoms with Gasteiger partial charge in [-0.3, -0.25) is 0 Å². The first-order valence-corrected chi connectivity index (χ1v) is 6.58. The molecule has 0 saturated carbocycles. The van der Waals surface area contributed by atoms with Crippen LogP contribution < -0.4 is 0 Å². The molecule has 0 amide bonds. The molecule has 0 fully saturated rings. The highest BCUT2D eigenvalue weighted by atomic mass is 32.2. The van der Waals surface area contributed by atoms with Crippen molar-refractivity contribution >= 4 is 9.84 Å². The Morgan fingerprint density at radius 3 is 2.07 bits per heavy atom. The normalized spacial score (nSPS) is 14.9. The summed E-state index contributed by atoms with van der Waals surface area (Å²) < 4.78 is 21.8. The number of aliphatic hydroxyl groups is 1. The van der Waals surface area contributed by atoms with Crippen molar-refractivity contribution in [3.8, 4) is 0 Å². The molecule has 1 unspecified atom stereocenters. The zero-order valence-corrected chi connectivity index (χ0v) is 9.95. The lowest BCUT2D eigenvalue weighted by Gasteiger charge is -2.28. The largest absolute Gasteiger partial charge is 0.387 e. The highest BCUT2D eigenvalue weighted by molar-refractivity contribution is 7.92. The highest BCUT2D eigenvalue weighted by Crippen LogP contribution is 2.31. The van der Waals surface area contributed by atoms with Gasteiger partial charge in [0.05, 0.1) is 10.9 Å². The fourth-order valence-electron chi connectivity index (χ4n) is 1.24. The first-order valence-electron chi connectivity index (χ1n) is 4.69. The molecule has 0 aliphatic heterocycles. The topological polar surface area (TPSA) is 54.4 Å². The first-order chi connectivity index (χ1) is 6.77. The molecule has 3 nitrogen and oxygen atoms in total. The number of sulfone groups is 1. The van der Waals surface area contributed by atoms with E-state index >= 15 is 0 Å². The molecule has 1 aromatic carbocycles. The lowest BCUT2D eigenvalue weighted by molar-refractivity contribution is 0.139. The summed E-state index contributed by atoms with van der Waals surface area (Å²) in [7, 11) is -3.30. The predicted octanol–water partition coefficient (Wildman–Crippen LogP) is 1.54. The molecule has 84 valence electrons. The summed E-state index contributed by atoms with van der Waals surface area (Å²) in [5.41, 5.74) is 0.618. The average molecular weight is 228 g/mol. The molecular formula is C11H16O3S. The highest BCUT2D eigenvalue weighted by Gasteiger charge is 2.38. The van der Waals surface area contributed by atoms with E-state index in [2.05, 4.69) is 0 Å². The average Bonchev–Trinajstić information content (AvgIpc) is 2.16. The van der Waals surface area contributed by atoms with Crippen molar-refractivity contribution in [3.05, 3.63) is 35.9 Å². The molecule has 0 heterocycles. The number of hydrogen-bond donors (Lipinski definition) is 1. The third kappa shape index (κ3) is 2.38. The lowest BCUT2D eigenvalue weighted by Crippen LogP contribution is -2.37. The van der Waals surface area contributed by atoms with Gasteiger partial charge in [-0.15, -0.1) is 0 Å². The first kappa shape index (κ1) is 12.2.